The fraction of sp³-hybridized carbons (Fsp3) is 0.429. The van der Waals surface area contributed by atoms with Crippen LogP contribution in [0.2, 0.25) is 0 Å². The van der Waals surface area contributed by atoms with Crippen LogP contribution in [-0.4, -0.2) is 38.3 Å². The fourth-order valence-corrected chi connectivity index (χ4v) is 3.30. The van der Waals surface area contributed by atoms with Gasteiger partial charge in [-0.05, 0) is 36.6 Å². The molecule has 1 aliphatic rings. The zero-order valence-electron chi connectivity index (χ0n) is 12.0. The van der Waals surface area contributed by atoms with E-state index in [4.69, 9.17) is 0 Å². The molecule has 5 nitrogen and oxygen atoms in total. The minimum Gasteiger partial charge on any atom is -0.361 e. The Morgan fingerprint density at radius 2 is 2.10 bits per heavy atom. The quantitative estimate of drug-likeness (QED) is 0.883. The minimum atomic E-state index is -3.44. The third-order valence-corrected chi connectivity index (χ3v) is 5.61. The highest BCUT2D eigenvalue weighted by Gasteiger charge is 2.46. The molecule has 3 rings (SSSR count). The molecule has 0 saturated heterocycles. The molecular weight excluding hydrogens is 293 g/mol. The summed E-state index contributed by atoms with van der Waals surface area (Å²) >= 11 is 0. The lowest BCUT2D eigenvalue weighted by Gasteiger charge is -2.18. The van der Waals surface area contributed by atoms with Gasteiger partial charge in [0.1, 0.15) is 5.82 Å². The van der Waals surface area contributed by atoms with E-state index in [0.29, 0.717) is 6.54 Å². The number of nitrogens with zero attached hydrogens (tertiary/aromatic N) is 1. The summed E-state index contributed by atoms with van der Waals surface area (Å²) in [6.07, 6.45) is 3.65. The third-order valence-electron chi connectivity index (χ3n) is 4.14. The first-order chi connectivity index (χ1) is 9.84. The second kappa shape index (κ2) is 4.79. The highest BCUT2D eigenvalue weighted by Crippen LogP contribution is 2.50. The van der Waals surface area contributed by atoms with Crippen LogP contribution >= 0.6 is 0 Å². The molecule has 0 radical (unpaired) electrons. The van der Waals surface area contributed by atoms with E-state index < -0.39 is 10.2 Å². The summed E-state index contributed by atoms with van der Waals surface area (Å²) in [5.41, 5.74) is 1.63. The normalized spacial score (nSPS) is 17.5. The second-order valence-electron chi connectivity index (χ2n) is 5.78. The van der Waals surface area contributed by atoms with E-state index >= 15 is 0 Å². The largest absolute Gasteiger partial charge is 0.361 e. The molecule has 2 aromatic rings. The molecule has 1 fully saturated rings. The molecule has 0 spiro atoms. The molecule has 7 heteroatoms. The van der Waals surface area contributed by atoms with Crippen LogP contribution in [0.4, 0.5) is 4.39 Å². The van der Waals surface area contributed by atoms with Crippen molar-refractivity contribution in [2.24, 2.45) is 0 Å². The lowest BCUT2D eigenvalue weighted by atomic mass is 9.96. The third kappa shape index (κ3) is 2.56. The van der Waals surface area contributed by atoms with Gasteiger partial charge in [0.2, 0.25) is 0 Å². The Hall–Kier alpha value is -1.44. The van der Waals surface area contributed by atoms with Crippen LogP contribution in [0.25, 0.3) is 10.9 Å². The van der Waals surface area contributed by atoms with E-state index in [1.165, 1.54) is 26.2 Å². The van der Waals surface area contributed by atoms with Gasteiger partial charge < -0.3 is 4.98 Å². The molecule has 0 amide bonds. The van der Waals surface area contributed by atoms with Crippen LogP contribution < -0.4 is 4.72 Å². The van der Waals surface area contributed by atoms with Gasteiger partial charge in [0.15, 0.2) is 0 Å². The number of aromatic amines is 1. The Morgan fingerprint density at radius 1 is 1.38 bits per heavy atom. The maximum absolute atomic E-state index is 13.5. The summed E-state index contributed by atoms with van der Waals surface area (Å²) in [4.78, 5) is 3.13. The van der Waals surface area contributed by atoms with Crippen molar-refractivity contribution in [1.29, 1.82) is 0 Å². The number of fused-ring (bicyclic) bond motifs is 1. The number of H-pyrrole nitrogens is 1. The van der Waals surface area contributed by atoms with E-state index in [9.17, 15) is 12.8 Å². The van der Waals surface area contributed by atoms with Crippen molar-refractivity contribution >= 4 is 21.1 Å². The smallest absolute Gasteiger partial charge is 0.278 e. The molecule has 21 heavy (non-hydrogen) atoms. The zero-order chi connectivity index (χ0) is 15.3. The SMILES string of the molecule is CN(C)S(=O)(=O)NCC1(c2c[nH]c3ccc(F)cc23)CC1. The van der Waals surface area contributed by atoms with Crippen LogP contribution in [0.15, 0.2) is 24.4 Å². The van der Waals surface area contributed by atoms with Crippen molar-refractivity contribution in [3.63, 3.8) is 0 Å². The van der Waals surface area contributed by atoms with Crippen LogP contribution in [0, 0.1) is 5.82 Å². The minimum absolute atomic E-state index is 0.227. The molecule has 1 heterocycles. The van der Waals surface area contributed by atoms with Crippen molar-refractivity contribution < 1.29 is 12.8 Å². The predicted octanol–water partition coefficient (Wildman–Crippen LogP) is 1.73. The molecule has 0 unspecified atom stereocenters. The number of rotatable bonds is 5. The van der Waals surface area contributed by atoms with E-state index in [1.807, 2.05) is 6.20 Å². The van der Waals surface area contributed by atoms with Crippen LogP contribution in [0.5, 0.6) is 0 Å². The summed E-state index contributed by atoms with van der Waals surface area (Å²) in [7, 11) is -0.467. The van der Waals surface area contributed by atoms with Crippen LogP contribution in [0.1, 0.15) is 18.4 Å². The fourth-order valence-electron chi connectivity index (χ4n) is 2.58. The number of hydrogen-bond donors (Lipinski definition) is 2. The van der Waals surface area contributed by atoms with Crippen molar-refractivity contribution in [3.8, 4) is 0 Å². The van der Waals surface area contributed by atoms with E-state index in [-0.39, 0.29) is 11.2 Å². The summed E-state index contributed by atoms with van der Waals surface area (Å²) < 4.78 is 40.9. The first-order valence-corrected chi connectivity index (χ1v) is 8.22. The number of halogens is 1. The first kappa shape index (κ1) is 14.5. The Labute approximate surface area is 123 Å². The van der Waals surface area contributed by atoms with Gasteiger partial charge in [-0.15, -0.1) is 0 Å². The van der Waals surface area contributed by atoms with Gasteiger partial charge >= 0.3 is 0 Å². The molecular formula is C14H18FN3O2S. The molecule has 0 atom stereocenters. The first-order valence-electron chi connectivity index (χ1n) is 6.78. The van der Waals surface area contributed by atoms with Crippen molar-refractivity contribution in [1.82, 2.24) is 14.0 Å². The van der Waals surface area contributed by atoms with E-state index in [2.05, 4.69) is 9.71 Å². The average Bonchev–Trinajstić information content (AvgIpc) is 3.10. The van der Waals surface area contributed by atoms with Crippen LogP contribution in [0.3, 0.4) is 0 Å². The Morgan fingerprint density at radius 3 is 2.71 bits per heavy atom. The topological polar surface area (TPSA) is 65.2 Å². The highest BCUT2D eigenvalue weighted by molar-refractivity contribution is 7.87. The van der Waals surface area contributed by atoms with Gasteiger partial charge in [0, 0.05) is 43.2 Å². The number of nitrogens with one attached hydrogen (secondary N) is 2. The molecule has 0 bridgehead atoms. The maximum atomic E-state index is 13.5. The number of benzene rings is 1. The molecule has 114 valence electrons. The van der Waals surface area contributed by atoms with Crippen LogP contribution in [-0.2, 0) is 15.6 Å². The molecule has 1 saturated carbocycles. The van der Waals surface area contributed by atoms with E-state index in [0.717, 1.165) is 33.6 Å². The molecule has 1 aromatic carbocycles. The van der Waals surface area contributed by atoms with Gasteiger partial charge in [-0.25, -0.2) is 9.11 Å². The van der Waals surface area contributed by atoms with Gasteiger partial charge in [0.25, 0.3) is 10.2 Å². The Balaban J connectivity index is 1.90. The zero-order valence-corrected chi connectivity index (χ0v) is 12.8. The van der Waals surface area contributed by atoms with E-state index in [1.54, 1.807) is 6.07 Å². The maximum Gasteiger partial charge on any atom is 0.278 e. The van der Waals surface area contributed by atoms with Crippen molar-refractivity contribution in [2.45, 2.75) is 18.3 Å². The molecule has 1 aromatic heterocycles. The summed E-state index contributed by atoms with van der Waals surface area (Å²) in [5.74, 6) is -0.284. The summed E-state index contributed by atoms with van der Waals surface area (Å²) in [6, 6.07) is 4.62. The average molecular weight is 311 g/mol. The lowest BCUT2D eigenvalue weighted by Crippen LogP contribution is -2.39. The second-order valence-corrected chi connectivity index (χ2v) is 7.75. The summed E-state index contributed by atoms with van der Waals surface area (Å²) in [6.45, 7) is 0.330. The predicted molar refractivity (Wildman–Crippen MR) is 79.8 cm³/mol. The number of hydrogen-bond acceptors (Lipinski definition) is 2. The molecule has 1 aliphatic carbocycles. The van der Waals surface area contributed by atoms with Gasteiger partial charge in [-0.2, -0.15) is 12.7 Å². The van der Waals surface area contributed by atoms with Gasteiger partial charge in [-0.1, -0.05) is 0 Å². The van der Waals surface area contributed by atoms with Crippen molar-refractivity contribution in [2.75, 3.05) is 20.6 Å². The Bertz CT molecular complexity index is 779. The standard InChI is InChI=1S/C14H18FN3O2S/c1-18(2)21(19,20)17-9-14(5-6-14)12-8-16-13-4-3-10(15)7-11(12)13/h3-4,7-8,16-17H,5-6,9H2,1-2H3. The van der Waals surface area contributed by atoms with Gasteiger partial charge in [0.05, 0.1) is 0 Å². The highest BCUT2D eigenvalue weighted by atomic mass is 32.2. The Kier molecular flexibility index (Phi) is 3.31. The van der Waals surface area contributed by atoms with Gasteiger partial charge in [-0.3, -0.25) is 0 Å². The summed E-state index contributed by atoms with van der Waals surface area (Å²) in [5, 5.41) is 0.830. The molecule has 0 aliphatic heterocycles. The lowest BCUT2D eigenvalue weighted by molar-refractivity contribution is 0.498. The van der Waals surface area contributed by atoms with Crippen molar-refractivity contribution in [3.05, 3.63) is 35.8 Å². The monoisotopic (exact) mass is 311 g/mol. The number of aromatic nitrogens is 1. The molecule has 2 N–H and O–H groups in total.